The van der Waals surface area contributed by atoms with E-state index in [9.17, 15) is 5.11 Å². The fourth-order valence-electron chi connectivity index (χ4n) is 3.12. The van der Waals surface area contributed by atoms with Crippen molar-refractivity contribution in [3.63, 3.8) is 0 Å². The predicted octanol–water partition coefficient (Wildman–Crippen LogP) is 3.10. The second-order valence-electron chi connectivity index (χ2n) is 6.41. The summed E-state index contributed by atoms with van der Waals surface area (Å²) >= 11 is 0. The molecular weight excluding hydrogens is 340 g/mol. The Labute approximate surface area is 159 Å². The standard InChI is InChI=1S/C21H26N4O2/c1-14-5-4-6-18-15(12-24-20(14)18)9-10-23-21(22-2)25-13-16-11-17(27-3)7-8-19(16)26/h4-8,11-12,24,26H,9-10,13H2,1-3H3,(H2,22,23,25). The molecule has 3 rings (SSSR count). The van der Waals surface area contributed by atoms with Gasteiger partial charge in [0.2, 0.25) is 0 Å². The molecule has 0 unspecified atom stereocenters. The number of aromatic amines is 1. The van der Waals surface area contributed by atoms with E-state index >= 15 is 0 Å². The first-order chi connectivity index (χ1) is 13.1. The molecule has 0 aliphatic carbocycles. The van der Waals surface area contributed by atoms with Crippen molar-refractivity contribution < 1.29 is 9.84 Å². The molecule has 1 heterocycles. The summed E-state index contributed by atoms with van der Waals surface area (Å²) in [5, 5.41) is 17.8. The van der Waals surface area contributed by atoms with E-state index in [-0.39, 0.29) is 5.75 Å². The predicted molar refractivity (Wildman–Crippen MR) is 110 cm³/mol. The molecule has 6 heteroatoms. The number of para-hydroxylation sites is 1. The smallest absolute Gasteiger partial charge is 0.191 e. The lowest BCUT2D eigenvalue weighted by Gasteiger charge is -2.13. The zero-order valence-corrected chi connectivity index (χ0v) is 16.0. The molecule has 3 aromatic rings. The Balaban J connectivity index is 1.56. The highest BCUT2D eigenvalue weighted by atomic mass is 16.5. The van der Waals surface area contributed by atoms with Gasteiger partial charge in [-0.15, -0.1) is 0 Å². The minimum Gasteiger partial charge on any atom is -0.508 e. The number of hydrogen-bond donors (Lipinski definition) is 4. The fraction of sp³-hybridized carbons (Fsp3) is 0.286. The minimum atomic E-state index is 0.230. The molecule has 0 atom stereocenters. The molecule has 0 spiro atoms. The molecule has 2 aromatic carbocycles. The Hall–Kier alpha value is -3.15. The van der Waals surface area contributed by atoms with Crippen LogP contribution in [0.3, 0.4) is 0 Å². The summed E-state index contributed by atoms with van der Waals surface area (Å²) in [7, 11) is 3.34. The van der Waals surface area contributed by atoms with Gasteiger partial charge in [-0.2, -0.15) is 0 Å². The molecule has 6 nitrogen and oxygen atoms in total. The molecule has 0 radical (unpaired) electrons. The van der Waals surface area contributed by atoms with E-state index in [1.165, 1.54) is 22.0 Å². The van der Waals surface area contributed by atoms with Crippen LogP contribution in [0.5, 0.6) is 11.5 Å². The molecule has 0 bridgehead atoms. The van der Waals surface area contributed by atoms with Crippen LogP contribution in [0.1, 0.15) is 16.7 Å². The number of aliphatic imine (C=N–C) groups is 1. The van der Waals surface area contributed by atoms with Crippen LogP contribution in [0.15, 0.2) is 47.6 Å². The number of rotatable bonds is 6. The van der Waals surface area contributed by atoms with Crippen LogP contribution in [-0.2, 0) is 13.0 Å². The number of methoxy groups -OCH3 is 1. The van der Waals surface area contributed by atoms with Gasteiger partial charge in [-0.05, 0) is 42.7 Å². The summed E-state index contributed by atoms with van der Waals surface area (Å²) in [6.45, 7) is 3.32. The molecule has 27 heavy (non-hydrogen) atoms. The Kier molecular flexibility index (Phi) is 5.86. The van der Waals surface area contributed by atoms with Crippen LogP contribution in [0.25, 0.3) is 10.9 Å². The summed E-state index contributed by atoms with van der Waals surface area (Å²) in [5.74, 6) is 1.63. The number of hydrogen-bond acceptors (Lipinski definition) is 3. The lowest BCUT2D eigenvalue weighted by molar-refractivity contribution is 0.410. The first kappa shape index (κ1) is 18.6. The second-order valence-corrected chi connectivity index (χ2v) is 6.41. The number of aryl methyl sites for hydroxylation is 1. The summed E-state index contributed by atoms with van der Waals surface area (Å²) in [5.41, 5.74) is 4.48. The number of nitrogens with one attached hydrogen (secondary N) is 3. The summed E-state index contributed by atoms with van der Waals surface area (Å²) in [6.07, 6.45) is 2.96. The number of ether oxygens (including phenoxy) is 1. The van der Waals surface area contributed by atoms with Gasteiger partial charge in [0.25, 0.3) is 0 Å². The number of nitrogens with zero attached hydrogens (tertiary/aromatic N) is 1. The number of guanidine groups is 1. The van der Waals surface area contributed by atoms with E-state index < -0.39 is 0 Å². The number of aromatic hydroxyl groups is 1. The van der Waals surface area contributed by atoms with E-state index in [0.29, 0.717) is 18.3 Å². The molecule has 0 saturated carbocycles. The molecule has 0 fully saturated rings. The van der Waals surface area contributed by atoms with Gasteiger partial charge in [0.15, 0.2) is 5.96 Å². The van der Waals surface area contributed by atoms with Gasteiger partial charge in [0, 0.05) is 42.8 Å². The summed E-state index contributed by atoms with van der Waals surface area (Å²) < 4.78 is 5.21. The van der Waals surface area contributed by atoms with Crippen LogP contribution < -0.4 is 15.4 Å². The average molecular weight is 366 g/mol. The maximum absolute atomic E-state index is 9.98. The van der Waals surface area contributed by atoms with E-state index in [4.69, 9.17) is 4.74 Å². The molecule has 0 aliphatic heterocycles. The van der Waals surface area contributed by atoms with Gasteiger partial charge in [0.05, 0.1) is 7.11 Å². The molecule has 0 aliphatic rings. The number of aromatic nitrogens is 1. The lowest BCUT2D eigenvalue weighted by Crippen LogP contribution is -2.37. The van der Waals surface area contributed by atoms with E-state index in [1.54, 1.807) is 26.3 Å². The van der Waals surface area contributed by atoms with Crippen LogP contribution in [0.4, 0.5) is 0 Å². The second kappa shape index (κ2) is 8.49. The third-order valence-corrected chi connectivity index (χ3v) is 4.65. The number of H-pyrrole nitrogens is 1. The van der Waals surface area contributed by atoms with Crippen molar-refractivity contribution >= 4 is 16.9 Å². The van der Waals surface area contributed by atoms with Crippen LogP contribution in [0.2, 0.25) is 0 Å². The lowest BCUT2D eigenvalue weighted by atomic mass is 10.1. The van der Waals surface area contributed by atoms with Gasteiger partial charge in [-0.25, -0.2) is 0 Å². The van der Waals surface area contributed by atoms with Crippen LogP contribution in [-0.4, -0.2) is 36.8 Å². The number of phenolic OH excluding ortho intramolecular Hbond substituents is 1. The number of phenols is 1. The highest BCUT2D eigenvalue weighted by molar-refractivity contribution is 5.86. The monoisotopic (exact) mass is 366 g/mol. The molecule has 0 saturated heterocycles. The SMILES string of the molecule is CN=C(NCCc1c[nH]c2c(C)cccc12)NCc1cc(OC)ccc1O. The van der Waals surface area contributed by atoms with Gasteiger partial charge < -0.3 is 25.5 Å². The maximum atomic E-state index is 9.98. The molecule has 142 valence electrons. The number of benzene rings is 2. The van der Waals surface area contributed by atoms with Gasteiger partial charge in [-0.1, -0.05) is 18.2 Å². The van der Waals surface area contributed by atoms with Crippen molar-refractivity contribution in [2.75, 3.05) is 20.7 Å². The van der Waals surface area contributed by atoms with Gasteiger partial charge in [-0.3, -0.25) is 4.99 Å². The van der Waals surface area contributed by atoms with Crippen molar-refractivity contribution in [1.82, 2.24) is 15.6 Å². The normalized spacial score (nSPS) is 11.6. The molecule has 1 aromatic heterocycles. The highest BCUT2D eigenvalue weighted by Gasteiger charge is 2.07. The van der Waals surface area contributed by atoms with E-state index in [1.807, 2.05) is 6.07 Å². The van der Waals surface area contributed by atoms with E-state index in [2.05, 4.69) is 51.9 Å². The molecule has 4 N–H and O–H groups in total. The summed E-state index contributed by atoms with van der Waals surface area (Å²) in [6, 6.07) is 11.5. The maximum Gasteiger partial charge on any atom is 0.191 e. The van der Waals surface area contributed by atoms with Crippen molar-refractivity contribution in [2.24, 2.45) is 4.99 Å². The zero-order valence-electron chi connectivity index (χ0n) is 16.0. The van der Waals surface area contributed by atoms with Gasteiger partial charge >= 0.3 is 0 Å². The highest BCUT2D eigenvalue weighted by Crippen LogP contribution is 2.23. The third-order valence-electron chi connectivity index (χ3n) is 4.65. The van der Waals surface area contributed by atoms with Crippen molar-refractivity contribution in [2.45, 2.75) is 19.9 Å². The molecular formula is C21H26N4O2. The van der Waals surface area contributed by atoms with E-state index in [0.717, 1.165) is 18.5 Å². The average Bonchev–Trinajstić information content (AvgIpc) is 3.10. The first-order valence-electron chi connectivity index (χ1n) is 8.98. The largest absolute Gasteiger partial charge is 0.508 e. The zero-order chi connectivity index (χ0) is 19.2. The quantitative estimate of drug-likeness (QED) is 0.399. The summed E-state index contributed by atoms with van der Waals surface area (Å²) in [4.78, 5) is 7.60. The Morgan fingerprint density at radius 1 is 1.19 bits per heavy atom. The van der Waals surface area contributed by atoms with Crippen LogP contribution in [0, 0.1) is 6.92 Å². The Bertz CT molecular complexity index is 947. The topological polar surface area (TPSA) is 81.7 Å². The minimum absolute atomic E-state index is 0.230. The fourth-order valence-corrected chi connectivity index (χ4v) is 3.12. The van der Waals surface area contributed by atoms with Crippen molar-refractivity contribution in [1.29, 1.82) is 0 Å². The number of fused-ring (bicyclic) bond motifs is 1. The van der Waals surface area contributed by atoms with Crippen LogP contribution >= 0.6 is 0 Å². The third kappa shape index (κ3) is 4.34. The Morgan fingerprint density at radius 2 is 2.04 bits per heavy atom. The van der Waals surface area contributed by atoms with Crippen molar-refractivity contribution in [3.8, 4) is 11.5 Å². The van der Waals surface area contributed by atoms with Crippen molar-refractivity contribution in [3.05, 3.63) is 59.3 Å². The molecule has 0 amide bonds. The Morgan fingerprint density at radius 3 is 2.81 bits per heavy atom. The first-order valence-corrected chi connectivity index (χ1v) is 8.98. The van der Waals surface area contributed by atoms with Gasteiger partial charge in [0.1, 0.15) is 11.5 Å².